The van der Waals surface area contributed by atoms with Crippen LogP contribution in [0, 0.1) is 19.7 Å². The monoisotopic (exact) mass is 342 g/mol. The van der Waals surface area contributed by atoms with Crippen LogP contribution < -0.4 is 0 Å². The van der Waals surface area contributed by atoms with Gasteiger partial charge in [0.1, 0.15) is 18.1 Å². The first-order valence-electron chi connectivity index (χ1n) is 8.18. The Morgan fingerprint density at radius 1 is 1.24 bits per heavy atom. The fraction of sp³-hybridized carbons (Fsp3) is 0.300. The second-order valence-corrected chi connectivity index (χ2v) is 6.00. The number of carbonyl (C=O) groups excluding carboxylic acids is 1. The molecule has 2 rings (SSSR count). The number of hydrogen-bond acceptors (Lipinski definition) is 3. The first-order valence-corrected chi connectivity index (χ1v) is 8.18. The van der Waals surface area contributed by atoms with Crippen molar-refractivity contribution in [1.29, 1.82) is 0 Å². The van der Waals surface area contributed by atoms with Gasteiger partial charge in [-0.25, -0.2) is 14.2 Å². The summed E-state index contributed by atoms with van der Waals surface area (Å²) in [5, 5.41) is 0. The number of halogens is 1. The van der Waals surface area contributed by atoms with Crippen molar-refractivity contribution in [2.75, 3.05) is 13.6 Å². The average molecular weight is 342 g/mol. The lowest BCUT2D eigenvalue weighted by atomic mass is 10.1. The minimum atomic E-state index is -0.548. The molecule has 25 heavy (non-hydrogen) atoms. The molecule has 0 aliphatic carbocycles. The normalized spacial score (nSPS) is 10.9. The highest BCUT2D eigenvalue weighted by atomic mass is 19.1. The molecule has 0 amide bonds. The molecule has 2 aromatic rings. The van der Waals surface area contributed by atoms with E-state index in [2.05, 4.69) is 4.99 Å². The molecular formula is C20H23FN2O2. The van der Waals surface area contributed by atoms with Crippen LogP contribution >= 0.6 is 0 Å². The zero-order valence-corrected chi connectivity index (χ0v) is 15.0. The van der Waals surface area contributed by atoms with Crippen LogP contribution in [0.4, 0.5) is 10.1 Å². The predicted molar refractivity (Wildman–Crippen MR) is 97.9 cm³/mol. The molecule has 0 saturated carbocycles. The van der Waals surface area contributed by atoms with Crippen molar-refractivity contribution in [3.8, 4) is 0 Å². The summed E-state index contributed by atoms with van der Waals surface area (Å²) < 4.78 is 19.5. The summed E-state index contributed by atoms with van der Waals surface area (Å²) in [4.78, 5) is 18.2. The molecule has 0 bridgehead atoms. The van der Waals surface area contributed by atoms with Gasteiger partial charge in [0.15, 0.2) is 0 Å². The molecule has 0 aliphatic heterocycles. The van der Waals surface area contributed by atoms with Crippen LogP contribution in [-0.2, 0) is 11.3 Å². The molecule has 4 nitrogen and oxygen atoms in total. The molecule has 2 aromatic carbocycles. The summed E-state index contributed by atoms with van der Waals surface area (Å²) in [5.74, 6) is -1.09. The number of carbonyl (C=O) groups is 1. The van der Waals surface area contributed by atoms with E-state index in [1.807, 2.05) is 50.1 Å². The Balaban J connectivity index is 2.10. The maximum absolute atomic E-state index is 14.2. The number of aliphatic imine (C=N–C) groups is 1. The number of nitrogens with zero attached hydrogens (tertiary/aromatic N) is 2. The fourth-order valence-electron chi connectivity index (χ4n) is 2.14. The molecule has 0 heterocycles. The van der Waals surface area contributed by atoms with E-state index in [1.165, 1.54) is 6.07 Å². The summed E-state index contributed by atoms with van der Waals surface area (Å²) in [6, 6.07) is 10.4. The fourth-order valence-corrected chi connectivity index (χ4v) is 2.14. The van der Waals surface area contributed by atoms with Gasteiger partial charge in [-0.1, -0.05) is 29.8 Å². The maximum atomic E-state index is 14.2. The summed E-state index contributed by atoms with van der Waals surface area (Å²) in [5.41, 5.74) is 3.07. The Hall–Kier alpha value is -2.69. The Morgan fingerprint density at radius 3 is 2.56 bits per heavy atom. The lowest BCUT2D eigenvalue weighted by molar-refractivity contribution is 0.0471. The Morgan fingerprint density at radius 2 is 1.92 bits per heavy atom. The third-order valence-corrected chi connectivity index (χ3v) is 3.90. The zero-order valence-electron chi connectivity index (χ0n) is 15.0. The van der Waals surface area contributed by atoms with E-state index in [0.717, 1.165) is 17.7 Å². The molecule has 0 fully saturated rings. The maximum Gasteiger partial charge on any atom is 0.338 e. The molecule has 0 aliphatic rings. The SMILES string of the molecule is CCN(C)/C=N/c1cc(C)c(C(=O)OCc2ccc(C)cc2)cc1F. The molecule has 5 heteroatoms. The number of aryl methyl sites for hydroxylation is 2. The number of rotatable bonds is 6. The minimum Gasteiger partial charge on any atom is -0.457 e. The molecular weight excluding hydrogens is 319 g/mol. The molecule has 0 aromatic heterocycles. The number of benzene rings is 2. The van der Waals surface area contributed by atoms with Crippen molar-refractivity contribution in [3.63, 3.8) is 0 Å². The predicted octanol–water partition coefficient (Wildman–Crippen LogP) is 4.41. The number of ether oxygens (including phenoxy) is 1. The summed E-state index contributed by atoms with van der Waals surface area (Å²) in [6.45, 7) is 6.63. The smallest absolute Gasteiger partial charge is 0.338 e. The lowest BCUT2D eigenvalue weighted by Crippen LogP contribution is -2.14. The molecule has 0 spiro atoms. The molecule has 132 valence electrons. The van der Waals surface area contributed by atoms with Crippen molar-refractivity contribution < 1.29 is 13.9 Å². The highest BCUT2D eigenvalue weighted by Crippen LogP contribution is 2.23. The molecule has 0 saturated heterocycles. The van der Waals surface area contributed by atoms with Crippen LogP contribution in [0.15, 0.2) is 41.4 Å². The van der Waals surface area contributed by atoms with Gasteiger partial charge in [0, 0.05) is 13.6 Å². The first kappa shape index (κ1) is 18.6. The zero-order chi connectivity index (χ0) is 18.4. The van der Waals surface area contributed by atoms with Crippen molar-refractivity contribution in [1.82, 2.24) is 4.90 Å². The van der Waals surface area contributed by atoms with Gasteiger partial charge in [-0.3, -0.25) is 0 Å². The highest BCUT2D eigenvalue weighted by Gasteiger charge is 2.15. The highest BCUT2D eigenvalue weighted by molar-refractivity contribution is 5.91. The Kier molecular flexibility index (Phi) is 6.28. The van der Waals surface area contributed by atoms with Crippen LogP contribution in [0.1, 0.15) is 34.0 Å². The van der Waals surface area contributed by atoms with E-state index in [1.54, 1.807) is 19.3 Å². The third-order valence-electron chi connectivity index (χ3n) is 3.90. The van der Waals surface area contributed by atoms with Gasteiger partial charge in [-0.2, -0.15) is 0 Å². The molecule has 0 unspecified atom stereocenters. The first-order chi connectivity index (χ1) is 11.9. The van der Waals surface area contributed by atoms with Gasteiger partial charge in [-0.15, -0.1) is 0 Å². The van der Waals surface area contributed by atoms with E-state index in [9.17, 15) is 9.18 Å². The van der Waals surface area contributed by atoms with Gasteiger partial charge in [0.2, 0.25) is 0 Å². The summed E-state index contributed by atoms with van der Waals surface area (Å²) in [6.07, 6.45) is 1.56. The van der Waals surface area contributed by atoms with Crippen LogP contribution in [0.25, 0.3) is 0 Å². The van der Waals surface area contributed by atoms with Crippen molar-refractivity contribution in [2.24, 2.45) is 4.99 Å². The van der Waals surface area contributed by atoms with E-state index >= 15 is 0 Å². The number of esters is 1. The van der Waals surface area contributed by atoms with Gasteiger partial charge in [-0.05, 0) is 44.0 Å². The van der Waals surface area contributed by atoms with Crippen LogP contribution in [0.3, 0.4) is 0 Å². The molecule has 0 radical (unpaired) electrons. The van der Waals surface area contributed by atoms with Crippen molar-refractivity contribution >= 4 is 18.0 Å². The Bertz CT molecular complexity index is 770. The van der Waals surface area contributed by atoms with Gasteiger partial charge < -0.3 is 9.64 Å². The van der Waals surface area contributed by atoms with Crippen LogP contribution in [0.5, 0.6) is 0 Å². The number of hydrogen-bond donors (Lipinski definition) is 0. The second kappa shape index (κ2) is 8.42. The Labute approximate surface area is 148 Å². The van der Waals surface area contributed by atoms with Crippen LogP contribution in [-0.4, -0.2) is 30.8 Å². The third kappa shape index (κ3) is 5.14. The van der Waals surface area contributed by atoms with Gasteiger partial charge >= 0.3 is 5.97 Å². The van der Waals surface area contributed by atoms with Crippen molar-refractivity contribution in [2.45, 2.75) is 27.4 Å². The van der Waals surface area contributed by atoms with E-state index in [-0.39, 0.29) is 17.9 Å². The average Bonchev–Trinajstić information content (AvgIpc) is 2.61. The summed E-state index contributed by atoms with van der Waals surface area (Å²) >= 11 is 0. The summed E-state index contributed by atoms with van der Waals surface area (Å²) in [7, 11) is 1.85. The molecule has 0 N–H and O–H groups in total. The van der Waals surface area contributed by atoms with Crippen LogP contribution in [0.2, 0.25) is 0 Å². The standard InChI is InChI=1S/C20H23FN2O2/c1-5-23(4)13-22-19-10-15(3)17(11-18(19)21)20(24)25-12-16-8-6-14(2)7-9-16/h6-11,13H,5,12H2,1-4H3/b22-13+. The topological polar surface area (TPSA) is 41.9 Å². The van der Waals surface area contributed by atoms with Crippen molar-refractivity contribution in [3.05, 3.63) is 64.5 Å². The van der Waals surface area contributed by atoms with Gasteiger partial charge in [0.05, 0.1) is 11.9 Å². The lowest BCUT2D eigenvalue weighted by Gasteiger charge is -2.10. The van der Waals surface area contributed by atoms with E-state index < -0.39 is 11.8 Å². The quantitative estimate of drug-likeness (QED) is 0.443. The van der Waals surface area contributed by atoms with E-state index in [0.29, 0.717) is 5.56 Å². The largest absolute Gasteiger partial charge is 0.457 e. The second-order valence-electron chi connectivity index (χ2n) is 6.00. The molecule has 0 atom stereocenters. The minimum absolute atomic E-state index is 0.154. The van der Waals surface area contributed by atoms with E-state index in [4.69, 9.17) is 4.74 Å². The van der Waals surface area contributed by atoms with Gasteiger partial charge in [0.25, 0.3) is 0 Å².